The third-order valence-electron chi connectivity index (χ3n) is 4.21. The lowest BCUT2D eigenvalue weighted by Gasteiger charge is -2.10. The smallest absolute Gasteiger partial charge is 0.166 e. The number of halogens is 3. The second-order valence-corrected chi connectivity index (χ2v) is 12.0. The maximum Gasteiger partial charge on any atom is 0.166 e. The topological polar surface area (TPSA) is 9.23 Å². The van der Waals surface area contributed by atoms with Gasteiger partial charge in [0.25, 0.3) is 0 Å². The highest BCUT2D eigenvalue weighted by atomic mass is 127. The van der Waals surface area contributed by atoms with Crippen LogP contribution in [0.5, 0.6) is 11.5 Å². The summed E-state index contributed by atoms with van der Waals surface area (Å²) in [5, 5.41) is 0. The number of hydrogen-bond acceptors (Lipinski definition) is 1. The normalized spacial score (nSPS) is 10.9. The predicted molar refractivity (Wildman–Crippen MR) is 146 cm³/mol. The second kappa shape index (κ2) is 10.0. The summed E-state index contributed by atoms with van der Waals surface area (Å²) in [5.74, 6) is 1.70. The van der Waals surface area contributed by atoms with Gasteiger partial charge in [0.15, 0.2) is 14.7 Å². The van der Waals surface area contributed by atoms with E-state index in [4.69, 9.17) is 4.74 Å². The van der Waals surface area contributed by atoms with Crippen molar-refractivity contribution in [3.63, 3.8) is 0 Å². The minimum absolute atomic E-state index is 0.152. The molecular weight excluding hydrogens is 717 g/mol. The van der Waals surface area contributed by atoms with Crippen LogP contribution in [-0.4, -0.2) is 0 Å². The molecule has 0 bridgehead atoms. The molecule has 144 valence electrons. The van der Waals surface area contributed by atoms with Gasteiger partial charge in [-0.2, -0.15) is 0 Å². The molecule has 0 saturated carbocycles. The van der Waals surface area contributed by atoms with Crippen molar-refractivity contribution in [2.24, 2.45) is 0 Å². The van der Waals surface area contributed by atoms with Gasteiger partial charge in [0.2, 0.25) is 0 Å². The number of benzene rings is 4. The van der Waals surface area contributed by atoms with Crippen molar-refractivity contribution >= 4 is 78.7 Å². The first-order chi connectivity index (χ1) is 14.1. The Morgan fingerprint density at radius 2 is 0.690 bits per heavy atom. The Balaban J connectivity index is 1.66. The Morgan fingerprint density at radius 3 is 1.07 bits per heavy atom. The Labute approximate surface area is 215 Å². The molecule has 5 heteroatoms. The molecule has 0 unspecified atom stereocenters. The van der Waals surface area contributed by atoms with Crippen LogP contribution in [0.3, 0.4) is 0 Å². The van der Waals surface area contributed by atoms with Crippen LogP contribution in [0.4, 0.5) is 0 Å². The van der Waals surface area contributed by atoms with Gasteiger partial charge in [-0.3, -0.25) is 0 Å². The van der Waals surface area contributed by atoms with Crippen LogP contribution in [0.15, 0.2) is 112 Å². The minimum atomic E-state index is -0.152. The summed E-state index contributed by atoms with van der Waals surface area (Å²) in [6.45, 7) is 0. The van der Waals surface area contributed by atoms with Crippen LogP contribution in [0.2, 0.25) is 0 Å². The molecule has 0 heterocycles. The maximum atomic E-state index is 6.01. The number of hydrogen-bond donors (Lipinski definition) is 0. The van der Waals surface area contributed by atoms with E-state index in [0.717, 1.165) is 11.5 Å². The third-order valence-corrected chi connectivity index (χ3v) is 8.60. The van der Waals surface area contributed by atoms with E-state index in [0.29, 0.717) is 0 Å². The summed E-state index contributed by atoms with van der Waals surface area (Å²) in [7, 11) is -0.152. The summed E-state index contributed by atoms with van der Waals surface area (Å²) >= 11 is 7.01. The van der Waals surface area contributed by atoms with Crippen molar-refractivity contribution in [3.05, 3.63) is 108 Å². The summed E-state index contributed by atoms with van der Waals surface area (Å²) in [5.41, 5.74) is 0. The van der Waals surface area contributed by atoms with Crippen LogP contribution >= 0.6 is 67.8 Å². The lowest BCUT2D eigenvalue weighted by atomic mass is 10.3. The SMILES string of the molecule is Ic1ccc(Oc2ccc([S+](c3ccc(I)cc3)c3ccc(I)cc3)cc2)cc1. The molecule has 0 aliphatic carbocycles. The molecule has 0 radical (unpaired) electrons. The van der Waals surface area contributed by atoms with Gasteiger partial charge < -0.3 is 4.74 Å². The molecule has 0 aromatic heterocycles. The molecule has 0 spiro atoms. The predicted octanol–water partition coefficient (Wildman–Crippen LogP) is 8.39. The van der Waals surface area contributed by atoms with Crippen molar-refractivity contribution in [1.29, 1.82) is 0 Å². The molecule has 0 saturated heterocycles. The molecule has 4 rings (SSSR count). The van der Waals surface area contributed by atoms with Gasteiger partial charge >= 0.3 is 0 Å². The van der Waals surface area contributed by atoms with Crippen molar-refractivity contribution in [3.8, 4) is 11.5 Å². The molecule has 0 atom stereocenters. The first-order valence-corrected chi connectivity index (χ1v) is 13.3. The van der Waals surface area contributed by atoms with E-state index in [2.05, 4.69) is 153 Å². The average molecular weight is 733 g/mol. The molecule has 0 fully saturated rings. The standard InChI is InChI=1S/C24H16I3OS/c25-17-1-7-20(8-2-17)28-21-9-15-24(16-10-21)29(22-11-3-18(26)4-12-22)23-13-5-19(27)6-14-23/h1-16H/q+1. The van der Waals surface area contributed by atoms with E-state index in [1.165, 1.54) is 25.4 Å². The summed E-state index contributed by atoms with van der Waals surface area (Å²) in [6, 6.07) is 34.2. The van der Waals surface area contributed by atoms with Crippen LogP contribution in [0, 0.1) is 10.7 Å². The van der Waals surface area contributed by atoms with Gasteiger partial charge in [0.1, 0.15) is 11.5 Å². The first kappa shape index (κ1) is 21.5. The summed E-state index contributed by atoms with van der Waals surface area (Å²) < 4.78 is 9.70. The fourth-order valence-corrected chi connectivity index (χ4v) is 5.95. The molecule has 0 amide bonds. The molecule has 4 aromatic carbocycles. The number of rotatable bonds is 5. The lowest BCUT2D eigenvalue weighted by molar-refractivity contribution is 0.482. The Hall–Kier alpha value is -0.780. The Bertz CT molecular complexity index is 1030. The molecule has 0 aliphatic heterocycles. The van der Waals surface area contributed by atoms with E-state index < -0.39 is 0 Å². The zero-order chi connectivity index (χ0) is 20.2. The number of ether oxygens (including phenoxy) is 1. The highest BCUT2D eigenvalue weighted by Gasteiger charge is 2.28. The summed E-state index contributed by atoms with van der Waals surface area (Å²) in [4.78, 5) is 3.92. The van der Waals surface area contributed by atoms with Gasteiger partial charge in [-0.1, -0.05) is 0 Å². The quantitative estimate of drug-likeness (QED) is 0.148. The fourth-order valence-electron chi connectivity index (χ4n) is 2.83. The molecular formula is C24H16I3OS+. The van der Waals surface area contributed by atoms with Crippen molar-refractivity contribution in [1.82, 2.24) is 0 Å². The van der Waals surface area contributed by atoms with E-state index in [-0.39, 0.29) is 10.9 Å². The third kappa shape index (κ3) is 5.68. The van der Waals surface area contributed by atoms with Crippen LogP contribution < -0.4 is 4.74 Å². The van der Waals surface area contributed by atoms with E-state index in [1.807, 2.05) is 12.1 Å². The maximum absolute atomic E-state index is 6.01. The largest absolute Gasteiger partial charge is 0.457 e. The second-order valence-electron chi connectivity index (χ2n) is 6.24. The molecule has 29 heavy (non-hydrogen) atoms. The van der Waals surface area contributed by atoms with E-state index in [9.17, 15) is 0 Å². The highest BCUT2D eigenvalue weighted by Crippen LogP contribution is 2.33. The zero-order valence-electron chi connectivity index (χ0n) is 15.2. The fraction of sp³-hybridized carbons (Fsp3) is 0. The average Bonchev–Trinajstić information content (AvgIpc) is 2.74. The molecule has 1 nitrogen and oxygen atoms in total. The first-order valence-electron chi connectivity index (χ1n) is 8.87. The van der Waals surface area contributed by atoms with Crippen molar-refractivity contribution in [2.45, 2.75) is 14.7 Å². The minimum Gasteiger partial charge on any atom is -0.457 e. The van der Waals surface area contributed by atoms with Crippen molar-refractivity contribution < 1.29 is 4.74 Å². The molecule has 0 aliphatic rings. The van der Waals surface area contributed by atoms with Crippen molar-refractivity contribution in [2.75, 3.05) is 0 Å². The van der Waals surface area contributed by atoms with Gasteiger partial charge in [0.05, 0.1) is 10.9 Å². The molecule has 4 aromatic rings. The van der Waals surface area contributed by atoms with Gasteiger partial charge in [0, 0.05) is 10.7 Å². The van der Waals surface area contributed by atoms with E-state index in [1.54, 1.807) is 0 Å². The van der Waals surface area contributed by atoms with E-state index >= 15 is 0 Å². The lowest BCUT2D eigenvalue weighted by Crippen LogP contribution is -2.05. The van der Waals surface area contributed by atoms with Gasteiger partial charge in [-0.05, 0) is 165 Å². The highest BCUT2D eigenvalue weighted by molar-refractivity contribution is 14.1. The monoisotopic (exact) mass is 733 g/mol. The Kier molecular flexibility index (Phi) is 7.41. The summed E-state index contributed by atoms with van der Waals surface area (Å²) in [6.07, 6.45) is 0. The van der Waals surface area contributed by atoms with Gasteiger partial charge in [-0.25, -0.2) is 0 Å². The van der Waals surface area contributed by atoms with Gasteiger partial charge in [-0.15, -0.1) is 0 Å². The molecule has 0 N–H and O–H groups in total. The van der Waals surface area contributed by atoms with Crippen LogP contribution in [0.25, 0.3) is 0 Å². The van der Waals surface area contributed by atoms with Crippen LogP contribution in [-0.2, 0) is 10.9 Å². The Morgan fingerprint density at radius 1 is 0.414 bits per heavy atom. The zero-order valence-corrected chi connectivity index (χ0v) is 22.5. The van der Waals surface area contributed by atoms with Crippen LogP contribution in [0.1, 0.15) is 0 Å².